The first-order valence-corrected chi connectivity index (χ1v) is 10.3. The number of benzene rings is 2. The number of carbonyl (C=O) groups is 2. The van der Waals surface area contributed by atoms with Crippen LogP contribution >= 0.6 is 34.8 Å². The lowest BCUT2D eigenvalue weighted by atomic mass is 9.77. The van der Waals surface area contributed by atoms with Gasteiger partial charge < -0.3 is 15.4 Å². The van der Waals surface area contributed by atoms with Crippen LogP contribution in [-0.4, -0.2) is 36.4 Å². The summed E-state index contributed by atoms with van der Waals surface area (Å²) in [6.45, 7) is 1.21. The highest BCUT2D eigenvalue weighted by Crippen LogP contribution is 2.35. The molecule has 29 heavy (non-hydrogen) atoms. The van der Waals surface area contributed by atoms with Gasteiger partial charge in [0.2, 0.25) is 5.91 Å². The molecule has 5 nitrogen and oxygen atoms in total. The summed E-state index contributed by atoms with van der Waals surface area (Å²) in [6, 6.07) is 11.8. The summed E-state index contributed by atoms with van der Waals surface area (Å²) < 4.78 is 5.93. The van der Waals surface area contributed by atoms with Crippen LogP contribution in [0, 0.1) is 5.41 Å². The Bertz CT molecular complexity index is 905. The minimum absolute atomic E-state index is 0.131. The van der Waals surface area contributed by atoms with Crippen LogP contribution in [0.1, 0.15) is 29.6 Å². The summed E-state index contributed by atoms with van der Waals surface area (Å²) in [7, 11) is 0. The average Bonchev–Trinajstić information content (AvgIpc) is 2.69. The summed E-state index contributed by atoms with van der Waals surface area (Å²) in [5.74, 6) is 0.0586. The third-order valence-corrected chi connectivity index (χ3v) is 6.01. The first-order chi connectivity index (χ1) is 13.8. The second-order valence-corrected chi connectivity index (χ2v) is 8.60. The molecule has 1 atom stereocenters. The second-order valence-electron chi connectivity index (χ2n) is 7.34. The van der Waals surface area contributed by atoms with Crippen LogP contribution in [0.2, 0.25) is 15.1 Å². The largest absolute Gasteiger partial charge is 0.493 e. The van der Waals surface area contributed by atoms with E-state index in [9.17, 15) is 9.59 Å². The maximum absolute atomic E-state index is 13.0. The maximum atomic E-state index is 13.0. The Hall–Kier alpha value is -1.95. The van der Waals surface area contributed by atoms with Crippen LogP contribution in [0.5, 0.6) is 5.75 Å². The minimum atomic E-state index is -0.560. The first kappa shape index (κ1) is 21.8. The van der Waals surface area contributed by atoms with Crippen LogP contribution in [0.4, 0.5) is 0 Å². The molecule has 8 heteroatoms. The van der Waals surface area contributed by atoms with Gasteiger partial charge in [-0.05, 0) is 55.3 Å². The number of hydrogen-bond donors (Lipinski definition) is 1. The van der Waals surface area contributed by atoms with E-state index in [0.717, 1.165) is 12.8 Å². The van der Waals surface area contributed by atoms with Gasteiger partial charge in [0.1, 0.15) is 5.75 Å². The Morgan fingerprint density at radius 2 is 1.79 bits per heavy atom. The van der Waals surface area contributed by atoms with Gasteiger partial charge in [0.15, 0.2) is 0 Å². The molecular weight excluding hydrogens is 435 g/mol. The van der Waals surface area contributed by atoms with Crippen molar-refractivity contribution in [3.8, 4) is 5.75 Å². The summed E-state index contributed by atoms with van der Waals surface area (Å²) in [5.41, 5.74) is 5.41. The number of primary amides is 1. The van der Waals surface area contributed by atoms with Crippen molar-refractivity contribution in [1.82, 2.24) is 4.90 Å². The Morgan fingerprint density at radius 1 is 1.07 bits per heavy atom. The number of halogens is 3. The number of nitrogens with zero attached hydrogens (tertiary/aromatic N) is 1. The Labute approximate surface area is 184 Å². The van der Waals surface area contributed by atoms with Crippen LogP contribution in [0.3, 0.4) is 0 Å². The number of nitrogens with two attached hydrogens (primary N) is 1. The van der Waals surface area contributed by atoms with E-state index < -0.39 is 11.3 Å². The molecule has 2 amide bonds. The van der Waals surface area contributed by atoms with Crippen molar-refractivity contribution >= 4 is 46.6 Å². The first-order valence-electron chi connectivity index (χ1n) is 9.19. The van der Waals surface area contributed by atoms with Crippen molar-refractivity contribution in [3.05, 3.63) is 63.1 Å². The lowest BCUT2D eigenvalue weighted by molar-refractivity contribution is -0.122. The van der Waals surface area contributed by atoms with Crippen molar-refractivity contribution < 1.29 is 14.3 Å². The average molecular weight is 456 g/mol. The van der Waals surface area contributed by atoms with Gasteiger partial charge in [0, 0.05) is 35.5 Å². The highest BCUT2D eigenvalue weighted by molar-refractivity contribution is 6.42. The summed E-state index contributed by atoms with van der Waals surface area (Å²) in [4.78, 5) is 26.5. The van der Waals surface area contributed by atoms with E-state index >= 15 is 0 Å². The Balaban J connectivity index is 1.77. The highest BCUT2D eigenvalue weighted by Gasteiger charge is 2.39. The quantitative estimate of drug-likeness (QED) is 0.678. The number of likely N-dealkylation sites (tertiary alicyclic amines) is 1. The van der Waals surface area contributed by atoms with Gasteiger partial charge in [-0.25, -0.2) is 0 Å². The minimum Gasteiger partial charge on any atom is -0.493 e. The molecule has 0 radical (unpaired) electrons. The molecular formula is C21H21Cl3N2O3. The third kappa shape index (κ3) is 5.56. The number of carbonyl (C=O) groups excluding carboxylic acids is 2. The zero-order valence-corrected chi connectivity index (χ0v) is 17.9. The molecule has 0 aromatic heterocycles. The van der Waals surface area contributed by atoms with Gasteiger partial charge in [-0.3, -0.25) is 9.59 Å². The highest BCUT2D eigenvalue weighted by atomic mass is 35.5. The third-order valence-electron chi connectivity index (χ3n) is 5.02. The molecule has 0 spiro atoms. The van der Waals surface area contributed by atoms with Gasteiger partial charge >= 0.3 is 0 Å². The van der Waals surface area contributed by atoms with Crippen molar-refractivity contribution in [1.29, 1.82) is 0 Å². The van der Waals surface area contributed by atoms with Gasteiger partial charge in [-0.15, -0.1) is 0 Å². The number of rotatable bonds is 6. The molecule has 0 aliphatic carbocycles. The predicted molar refractivity (Wildman–Crippen MR) is 115 cm³/mol. The van der Waals surface area contributed by atoms with Crippen molar-refractivity contribution in [2.24, 2.45) is 11.1 Å². The van der Waals surface area contributed by atoms with Crippen molar-refractivity contribution in [3.63, 3.8) is 0 Å². The van der Waals surface area contributed by atoms with Crippen molar-refractivity contribution in [2.75, 3.05) is 19.7 Å². The molecule has 2 N–H and O–H groups in total. The van der Waals surface area contributed by atoms with Gasteiger partial charge in [0.25, 0.3) is 5.91 Å². The lowest BCUT2D eigenvalue weighted by Crippen LogP contribution is -2.50. The molecule has 1 saturated heterocycles. The normalized spacial score (nSPS) is 19.1. The van der Waals surface area contributed by atoms with E-state index in [-0.39, 0.29) is 18.9 Å². The Kier molecular flexibility index (Phi) is 6.93. The van der Waals surface area contributed by atoms with E-state index in [0.29, 0.717) is 39.5 Å². The topological polar surface area (TPSA) is 72.6 Å². The monoisotopic (exact) mass is 454 g/mol. The molecule has 1 fully saturated rings. The van der Waals surface area contributed by atoms with E-state index in [2.05, 4.69) is 0 Å². The molecule has 1 aliphatic rings. The van der Waals surface area contributed by atoms with E-state index in [4.69, 9.17) is 45.3 Å². The molecule has 1 heterocycles. The van der Waals surface area contributed by atoms with Crippen LogP contribution in [-0.2, 0) is 4.79 Å². The van der Waals surface area contributed by atoms with Gasteiger partial charge in [0.05, 0.1) is 16.7 Å². The number of ether oxygens (including phenoxy) is 1. The number of hydrogen-bond acceptors (Lipinski definition) is 3. The second kappa shape index (κ2) is 9.24. The molecule has 1 unspecified atom stereocenters. The number of amides is 2. The fraction of sp³-hybridized carbons (Fsp3) is 0.333. The zero-order chi connectivity index (χ0) is 21.0. The summed E-state index contributed by atoms with van der Waals surface area (Å²) in [5, 5.41) is 1.32. The smallest absolute Gasteiger partial charge is 0.253 e. The van der Waals surface area contributed by atoms with E-state index in [1.807, 2.05) is 0 Å². The van der Waals surface area contributed by atoms with Crippen LogP contribution < -0.4 is 10.5 Å². The van der Waals surface area contributed by atoms with Crippen molar-refractivity contribution in [2.45, 2.75) is 19.3 Å². The fourth-order valence-corrected chi connectivity index (χ4v) is 4.07. The van der Waals surface area contributed by atoms with Gasteiger partial charge in [-0.1, -0.05) is 34.8 Å². The predicted octanol–water partition coefficient (Wildman–Crippen LogP) is 4.82. The molecule has 0 bridgehead atoms. The van der Waals surface area contributed by atoms with Crippen LogP contribution in [0.25, 0.3) is 0 Å². The summed E-state index contributed by atoms with van der Waals surface area (Å²) >= 11 is 17.9. The summed E-state index contributed by atoms with van der Waals surface area (Å²) in [6.07, 6.45) is 1.60. The van der Waals surface area contributed by atoms with Crippen LogP contribution in [0.15, 0.2) is 42.5 Å². The molecule has 2 aromatic rings. The molecule has 2 aromatic carbocycles. The molecule has 3 rings (SSSR count). The number of piperidine rings is 1. The van der Waals surface area contributed by atoms with Gasteiger partial charge in [-0.2, -0.15) is 0 Å². The fourth-order valence-electron chi connectivity index (χ4n) is 3.64. The SMILES string of the molecule is NC(=O)CC1(COc2ccc(Cl)cc2)CCCN(C(=O)c2ccc(Cl)c(Cl)c2)C1. The van der Waals surface area contributed by atoms with E-state index in [1.54, 1.807) is 47.4 Å². The lowest BCUT2D eigenvalue weighted by Gasteiger charge is -2.42. The Morgan fingerprint density at radius 3 is 2.45 bits per heavy atom. The maximum Gasteiger partial charge on any atom is 0.253 e. The van der Waals surface area contributed by atoms with E-state index in [1.165, 1.54) is 0 Å². The molecule has 0 saturated carbocycles. The molecule has 1 aliphatic heterocycles. The standard InChI is InChI=1S/C21H21Cl3N2O3/c22-15-3-5-16(6-4-15)29-13-21(11-19(25)27)8-1-9-26(12-21)20(28)14-2-7-17(23)18(24)10-14/h2-7,10H,1,8-9,11-13H2,(H2,25,27). The zero-order valence-electron chi connectivity index (χ0n) is 15.7. The molecule has 154 valence electrons.